The summed E-state index contributed by atoms with van der Waals surface area (Å²) in [5, 5.41) is 0. The normalized spacial score (nSPS) is 14.1. The molecule has 0 saturated carbocycles. The van der Waals surface area contributed by atoms with Gasteiger partial charge in [0, 0.05) is 11.1 Å². The first kappa shape index (κ1) is 17.2. The zero-order valence-corrected chi connectivity index (χ0v) is 15.7. The number of rotatable bonds is 4. The van der Waals surface area contributed by atoms with Gasteiger partial charge in [-0.25, -0.2) is 0 Å². The van der Waals surface area contributed by atoms with E-state index in [9.17, 15) is 0 Å². The Kier molecular flexibility index (Phi) is 4.10. The number of anilines is 2. The van der Waals surface area contributed by atoms with E-state index in [0.717, 1.165) is 28.0 Å². The van der Waals surface area contributed by atoms with E-state index in [2.05, 4.69) is 18.2 Å². The second kappa shape index (κ2) is 6.91. The van der Waals surface area contributed by atoms with Crippen LogP contribution in [-0.4, -0.2) is 0 Å². The molecule has 0 amide bonds. The smallest absolute Gasteiger partial charge is 0.154 e. The van der Waals surface area contributed by atoms with Gasteiger partial charge in [0.2, 0.25) is 0 Å². The topological polar surface area (TPSA) is 70.5 Å². The fraction of sp³-hybridized carbons (Fsp3) is 0.0400. The van der Waals surface area contributed by atoms with E-state index in [1.54, 1.807) is 0 Å². The summed E-state index contributed by atoms with van der Waals surface area (Å²) < 4.78 is 12.7. The molecule has 29 heavy (non-hydrogen) atoms. The summed E-state index contributed by atoms with van der Waals surface area (Å²) >= 11 is 0. The maximum absolute atomic E-state index is 6.43. The van der Waals surface area contributed by atoms with Crippen LogP contribution in [0.2, 0.25) is 0 Å². The summed E-state index contributed by atoms with van der Waals surface area (Å²) in [6.45, 7) is 0. The lowest BCUT2D eigenvalue weighted by atomic mass is 10.1. The molecule has 0 aromatic heterocycles. The van der Waals surface area contributed by atoms with Crippen molar-refractivity contribution in [2.24, 2.45) is 0 Å². The van der Waals surface area contributed by atoms with Gasteiger partial charge in [0.05, 0.1) is 11.4 Å². The lowest BCUT2D eigenvalue weighted by molar-refractivity contribution is 0.249. The lowest BCUT2D eigenvalue weighted by Gasteiger charge is -2.20. The number of para-hydroxylation sites is 4. The summed E-state index contributed by atoms with van der Waals surface area (Å²) in [6, 6.07) is 29.3. The first-order valence-corrected chi connectivity index (χ1v) is 9.48. The van der Waals surface area contributed by atoms with E-state index in [1.807, 2.05) is 72.8 Å². The van der Waals surface area contributed by atoms with Gasteiger partial charge in [0.25, 0.3) is 0 Å². The van der Waals surface area contributed by atoms with Crippen LogP contribution in [0.15, 0.2) is 91.0 Å². The molecule has 4 aromatic carbocycles. The summed E-state index contributed by atoms with van der Waals surface area (Å²) in [7, 11) is 0. The molecule has 4 N–H and O–H groups in total. The van der Waals surface area contributed by atoms with Crippen molar-refractivity contribution in [3.63, 3.8) is 0 Å². The summed E-state index contributed by atoms with van der Waals surface area (Å²) in [5.74, 6) is 1.99. The van der Waals surface area contributed by atoms with E-state index < -0.39 is 0 Å². The first-order chi connectivity index (χ1) is 14.2. The molecule has 4 heteroatoms. The average molecular weight is 380 g/mol. The van der Waals surface area contributed by atoms with Gasteiger partial charge in [-0.3, -0.25) is 0 Å². The predicted molar refractivity (Wildman–Crippen MR) is 116 cm³/mol. The minimum Gasteiger partial charge on any atom is -0.479 e. The van der Waals surface area contributed by atoms with Crippen molar-refractivity contribution in [3.05, 3.63) is 102 Å². The summed E-state index contributed by atoms with van der Waals surface area (Å²) in [6.07, 6.45) is -0.327. The Balaban J connectivity index is 1.64. The molecule has 4 nitrogen and oxygen atoms in total. The lowest BCUT2D eigenvalue weighted by Crippen LogP contribution is -2.09. The third-order valence-corrected chi connectivity index (χ3v) is 5.16. The van der Waals surface area contributed by atoms with Crippen LogP contribution in [0.3, 0.4) is 0 Å². The molecule has 4 aromatic rings. The third kappa shape index (κ3) is 2.95. The molecule has 1 atom stereocenters. The number of nitrogen functional groups attached to an aromatic ring is 2. The Hall–Kier alpha value is -3.92. The Labute approximate surface area is 169 Å². The van der Waals surface area contributed by atoms with Crippen LogP contribution in [0.4, 0.5) is 11.4 Å². The minimum atomic E-state index is -0.327. The minimum absolute atomic E-state index is 0.327. The highest BCUT2D eigenvalue weighted by Gasteiger charge is 2.33. The van der Waals surface area contributed by atoms with Crippen LogP contribution in [-0.2, 0) is 0 Å². The second-order valence-corrected chi connectivity index (χ2v) is 6.98. The summed E-state index contributed by atoms with van der Waals surface area (Å²) in [5.41, 5.74) is 17.7. The van der Waals surface area contributed by atoms with Gasteiger partial charge in [-0.1, -0.05) is 60.7 Å². The highest BCUT2D eigenvalue weighted by molar-refractivity contribution is 5.81. The van der Waals surface area contributed by atoms with Crippen LogP contribution in [0, 0.1) is 0 Å². The van der Waals surface area contributed by atoms with Gasteiger partial charge < -0.3 is 20.9 Å². The molecule has 0 saturated heterocycles. The highest BCUT2D eigenvalue weighted by atomic mass is 16.5. The van der Waals surface area contributed by atoms with E-state index in [-0.39, 0.29) is 6.10 Å². The number of hydrogen-bond donors (Lipinski definition) is 2. The molecule has 0 aliphatic heterocycles. The van der Waals surface area contributed by atoms with Crippen molar-refractivity contribution in [1.82, 2.24) is 0 Å². The van der Waals surface area contributed by atoms with Crippen LogP contribution >= 0.6 is 0 Å². The van der Waals surface area contributed by atoms with Gasteiger partial charge in [0.1, 0.15) is 17.2 Å². The van der Waals surface area contributed by atoms with Gasteiger partial charge in [-0.15, -0.1) is 0 Å². The molecule has 0 fully saturated rings. The van der Waals surface area contributed by atoms with E-state index in [1.165, 1.54) is 0 Å². The van der Waals surface area contributed by atoms with Crippen molar-refractivity contribution < 1.29 is 9.47 Å². The highest BCUT2D eigenvalue weighted by Crippen LogP contribution is 2.50. The molecule has 0 bridgehead atoms. The van der Waals surface area contributed by atoms with Crippen LogP contribution < -0.4 is 20.9 Å². The van der Waals surface area contributed by atoms with Crippen molar-refractivity contribution >= 4 is 11.4 Å². The number of hydrogen-bond acceptors (Lipinski definition) is 4. The Morgan fingerprint density at radius 2 is 1.14 bits per heavy atom. The van der Waals surface area contributed by atoms with Crippen LogP contribution in [0.25, 0.3) is 11.1 Å². The zero-order valence-electron chi connectivity index (χ0n) is 15.7. The van der Waals surface area contributed by atoms with E-state index >= 15 is 0 Å². The maximum atomic E-state index is 6.43. The molecule has 0 heterocycles. The summed E-state index contributed by atoms with van der Waals surface area (Å²) in [4.78, 5) is 0. The predicted octanol–water partition coefficient (Wildman–Crippen LogP) is 5.79. The largest absolute Gasteiger partial charge is 0.479 e. The van der Waals surface area contributed by atoms with E-state index in [0.29, 0.717) is 22.9 Å². The Morgan fingerprint density at radius 1 is 0.552 bits per heavy atom. The van der Waals surface area contributed by atoms with Gasteiger partial charge in [0.15, 0.2) is 6.10 Å². The zero-order chi connectivity index (χ0) is 19.8. The van der Waals surface area contributed by atoms with Crippen LogP contribution in [0.1, 0.15) is 17.2 Å². The standard InChI is InChI=1S/C25H20N2O2/c26-19-11-3-5-13-21(19)28-23-15-7-10-17-16-8-1-2-9-18(16)25(24(17)23)29-22-14-6-4-12-20(22)27/h1-15,25H,26-27H2. The number of ether oxygens (including phenoxy) is 2. The maximum Gasteiger partial charge on any atom is 0.154 e. The monoisotopic (exact) mass is 380 g/mol. The quantitative estimate of drug-likeness (QED) is 0.440. The molecule has 1 aliphatic carbocycles. The van der Waals surface area contributed by atoms with Gasteiger partial charge >= 0.3 is 0 Å². The second-order valence-electron chi connectivity index (χ2n) is 6.98. The number of fused-ring (bicyclic) bond motifs is 3. The number of benzene rings is 4. The average Bonchev–Trinajstić information content (AvgIpc) is 3.06. The molecule has 5 rings (SSSR count). The third-order valence-electron chi connectivity index (χ3n) is 5.16. The SMILES string of the molecule is Nc1ccccc1Oc1cccc2c1C(Oc1ccccc1N)c1ccccc1-2. The molecule has 0 spiro atoms. The van der Waals surface area contributed by atoms with Crippen molar-refractivity contribution in [3.8, 4) is 28.4 Å². The molecule has 0 radical (unpaired) electrons. The molecule has 142 valence electrons. The molecular weight excluding hydrogens is 360 g/mol. The molecular formula is C25H20N2O2. The first-order valence-electron chi connectivity index (χ1n) is 9.48. The molecule has 1 unspecified atom stereocenters. The van der Waals surface area contributed by atoms with Crippen molar-refractivity contribution in [1.29, 1.82) is 0 Å². The van der Waals surface area contributed by atoms with Crippen molar-refractivity contribution in [2.45, 2.75) is 6.10 Å². The van der Waals surface area contributed by atoms with Crippen molar-refractivity contribution in [2.75, 3.05) is 11.5 Å². The Bertz CT molecular complexity index is 1200. The Morgan fingerprint density at radius 3 is 1.90 bits per heavy atom. The fourth-order valence-corrected chi connectivity index (χ4v) is 3.79. The fourth-order valence-electron chi connectivity index (χ4n) is 3.79. The molecule has 1 aliphatic rings. The van der Waals surface area contributed by atoms with E-state index in [4.69, 9.17) is 20.9 Å². The number of nitrogens with two attached hydrogens (primary N) is 2. The van der Waals surface area contributed by atoms with Crippen LogP contribution in [0.5, 0.6) is 17.2 Å². The van der Waals surface area contributed by atoms with Gasteiger partial charge in [-0.05, 0) is 41.5 Å². The van der Waals surface area contributed by atoms with Gasteiger partial charge in [-0.2, -0.15) is 0 Å².